The molecule has 0 N–H and O–H groups in total. The Balaban J connectivity index is 1.83. The van der Waals surface area contributed by atoms with Crippen molar-refractivity contribution in [2.75, 3.05) is 31.1 Å². The van der Waals surface area contributed by atoms with Gasteiger partial charge in [0.2, 0.25) is 10.0 Å². The second-order valence-electron chi connectivity index (χ2n) is 6.04. The van der Waals surface area contributed by atoms with E-state index in [-0.39, 0.29) is 43.1 Å². The van der Waals surface area contributed by atoms with Crippen LogP contribution in [0.3, 0.4) is 0 Å². The molecule has 0 aliphatic carbocycles. The Labute approximate surface area is 159 Å². The highest BCUT2D eigenvalue weighted by atomic mass is 32.2. The molecule has 0 bridgehead atoms. The first-order chi connectivity index (χ1) is 13.2. The number of nitrogens with zero attached hydrogens (tertiary/aromatic N) is 4. The summed E-state index contributed by atoms with van der Waals surface area (Å²) in [5, 5.41) is 20.2. The van der Waals surface area contributed by atoms with Gasteiger partial charge in [0.1, 0.15) is 22.2 Å². The van der Waals surface area contributed by atoms with Crippen LogP contribution in [0.4, 0.5) is 20.2 Å². The maximum absolute atomic E-state index is 13.9. The number of hydrogen-bond acceptors (Lipinski definition) is 6. The fourth-order valence-electron chi connectivity index (χ4n) is 2.99. The molecule has 0 aromatic heterocycles. The van der Waals surface area contributed by atoms with Gasteiger partial charge < -0.3 is 4.90 Å². The standard InChI is InChI=1S/C17H14F2N4O4S/c18-13-2-3-14(19)17(10-13)28(26,27)22-7-5-21(6-8-22)15-4-1-12(11-20)9-16(15)23(24)25/h1-4,9-10H,5-8H2. The van der Waals surface area contributed by atoms with E-state index in [1.54, 1.807) is 4.90 Å². The van der Waals surface area contributed by atoms with Gasteiger partial charge >= 0.3 is 0 Å². The van der Waals surface area contributed by atoms with Crippen LogP contribution in [0.25, 0.3) is 0 Å². The number of sulfonamides is 1. The Kier molecular flexibility index (Phi) is 5.26. The molecular formula is C17H14F2N4O4S. The summed E-state index contributed by atoms with van der Waals surface area (Å²) in [4.78, 5) is 11.6. The molecule has 8 nitrogen and oxygen atoms in total. The number of rotatable bonds is 4. The van der Waals surface area contributed by atoms with E-state index in [0.717, 1.165) is 22.5 Å². The fourth-order valence-corrected chi connectivity index (χ4v) is 4.49. The first-order valence-corrected chi connectivity index (χ1v) is 9.57. The molecule has 1 saturated heterocycles. The van der Waals surface area contributed by atoms with Crippen molar-refractivity contribution in [3.63, 3.8) is 0 Å². The quantitative estimate of drug-likeness (QED) is 0.567. The van der Waals surface area contributed by atoms with Crippen LogP contribution in [0.2, 0.25) is 0 Å². The third-order valence-electron chi connectivity index (χ3n) is 4.39. The highest BCUT2D eigenvalue weighted by Gasteiger charge is 2.32. The molecule has 1 heterocycles. The van der Waals surface area contributed by atoms with E-state index in [1.807, 2.05) is 6.07 Å². The third kappa shape index (κ3) is 3.64. The molecule has 11 heteroatoms. The molecule has 0 radical (unpaired) electrons. The second kappa shape index (κ2) is 7.49. The molecule has 1 aliphatic heterocycles. The average molecular weight is 408 g/mol. The first-order valence-electron chi connectivity index (χ1n) is 8.12. The van der Waals surface area contributed by atoms with E-state index >= 15 is 0 Å². The van der Waals surface area contributed by atoms with Crippen LogP contribution in [0.5, 0.6) is 0 Å². The summed E-state index contributed by atoms with van der Waals surface area (Å²) in [6, 6.07) is 8.07. The summed E-state index contributed by atoms with van der Waals surface area (Å²) >= 11 is 0. The number of nitro groups is 1. The summed E-state index contributed by atoms with van der Waals surface area (Å²) in [7, 11) is -4.24. The lowest BCUT2D eigenvalue weighted by Crippen LogP contribution is -2.49. The predicted molar refractivity (Wildman–Crippen MR) is 95.1 cm³/mol. The minimum atomic E-state index is -4.24. The van der Waals surface area contributed by atoms with E-state index in [4.69, 9.17) is 5.26 Å². The van der Waals surface area contributed by atoms with Gasteiger partial charge in [-0.1, -0.05) is 0 Å². The van der Waals surface area contributed by atoms with Gasteiger partial charge in [0.05, 0.1) is 16.6 Å². The normalized spacial score (nSPS) is 15.2. The number of benzene rings is 2. The third-order valence-corrected chi connectivity index (χ3v) is 6.31. The molecular weight excluding hydrogens is 394 g/mol. The zero-order valence-corrected chi connectivity index (χ0v) is 15.2. The van der Waals surface area contributed by atoms with Crippen LogP contribution in [-0.2, 0) is 10.0 Å². The van der Waals surface area contributed by atoms with Gasteiger partial charge in [-0.2, -0.15) is 9.57 Å². The van der Waals surface area contributed by atoms with Gasteiger partial charge in [-0.25, -0.2) is 17.2 Å². The number of hydrogen-bond donors (Lipinski definition) is 0. The second-order valence-corrected chi connectivity index (χ2v) is 7.94. The Hall–Kier alpha value is -3.10. The largest absolute Gasteiger partial charge is 0.363 e. The molecule has 0 atom stereocenters. The Morgan fingerprint density at radius 1 is 1.07 bits per heavy atom. The number of halogens is 2. The van der Waals surface area contributed by atoms with Crippen molar-refractivity contribution in [3.8, 4) is 6.07 Å². The lowest BCUT2D eigenvalue weighted by atomic mass is 10.1. The van der Waals surface area contributed by atoms with Crippen LogP contribution < -0.4 is 4.90 Å². The Morgan fingerprint density at radius 3 is 2.36 bits per heavy atom. The van der Waals surface area contributed by atoms with Crippen LogP contribution >= 0.6 is 0 Å². The minimum Gasteiger partial charge on any atom is -0.363 e. The molecule has 0 saturated carbocycles. The van der Waals surface area contributed by atoms with Gasteiger partial charge in [0.25, 0.3) is 5.69 Å². The number of piperazine rings is 1. The lowest BCUT2D eigenvalue weighted by Gasteiger charge is -2.35. The molecule has 2 aromatic carbocycles. The molecule has 1 aliphatic rings. The minimum absolute atomic E-state index is 0.0601. The predicted octanol–water partition coefficient (Wildman–Crippen LogP) is 2.26. The smallest absolute Gasteiger partial charge is 0.293 e. The monoisotopic (exact) mass is 408 g/mol. The van der Waals surface area contributed by atoms with E-state index < -0.39 is 31.5 Å². The van der Waals surface area contributed by atoms with Crippen molar-refractivity contribution in [3.05, 3.63) is 63.7 Å². The molecule has 1 fully saturated rings. The first kappa shape index (κ1) is 19.7. The van der Waals surface area contributed by atoms with Crippen molar-refractivity contribution < 1.29 is 22.1 Å². The van der Waals surface area contributed by atoms with Gasteiger partial charge in [-0.15, -0.1) is 0 Å². The van der Waals surface area contributed by atoms with E-state index in [0.29, 0.717) is 6.07 Å². The van der Waals surface area contributed by atoms with E-state index in [2.05, 4.69) is 0 Å². The summed E-state index contributed by atoms with van der Waals surface area (Å²) in [6.07, 6.45) is 0. The van der Waals surface area contributed by atoms with Crippen molar-refractivity contribution >= 4 is 21.4 Å². The summed E-state index contributed by atoms with van der Waals surface area (Å²) in [6.45, 7) is 0.108. The van der Waals surface area contributed by atoms with Crippen molar-refractivity contribution in [1.82, 2.24) is 4.31 Å². The van der Waals surface area contributed by atoms with Crippen molar-refractivity contribution in [1.29, 1.82) is 5.26 Å². The van der Waals surface area contributed by atoms with Gasteiger partial charge in [0.15, 0.2) is 0 Å². The maximum Gasteiger partial charge on any atom is 0.293 e. The van der Waals surface area contributed by atoms with Gasteiger partial charge in [0, 0.05) is 32.2 Å². The van der Waals surface area contributed by atoms with Crippen LogP contribution in [-0.4, -0.2) is 43.8 Å². The van der Waals surface area contributed by atoms with Crippen LogP contribution in [0.15, 0.2) is 41.3 Å². The fraction of sp³-hybridized carbons (Fsp3) is 0.235. The molecule has 0 spiro atoms. The van der Waals surface area contributed by atoms with Gasteiger partial charge in [-0.05, 0) is 30.3 Å². The zero-order valence-electron chi connectivity index (χ0n) is 14.4. The van der Waals surface area contributed by atoms with Crippen LogP contribution in [0.1, 0.15) is 5.56 Å². The van der Waals surface area contributed by atoms with Crippen molar-refractivity contribution in [2.45, 2.75) is 4.90 Å². The summed E-state index contributed by atoms with van der Waals surface area (Å²) < 4.78 is 53.5. The maximum atomic E-state index is 13.9. The number of nitriles is 1. The van der Waals surface area contributed by atoms with Crippen LogP contribution in [0, 0.1) is 33.1 Å². The Bertz CT molecular complexity index is 1080. The highest BCUT2D eigenvalue weighted by molar-refractivity contribution is 7.89. The zero-order chi connectivity index (χ0) is 20.5. The molecule has 0 amide bonds. The Morgan fingerprint density at radius 2 is 1.75 bits per heavy atom. The highest BCUT2D eigenvalue weighted by Crippen LogP contribution is 2.31. The molecule has 2 aromatic rings. The molecule has 146 valence electrons. The average Bonchev–Trinajstić information content (AvgIpc) is 2.69. The number of anilines is 1. The SMILES string of the molecule is N#Cc1ccc(N2CCN(S(=O)(=O)c3cc(F)ccc3F)CC2)c([N+](=O)[O-])c1. The molecule has 28 heavy (non-hydrogen) atoms. The van der Waals surface area contributed by atoms with E-state index in [1.165, 1.54) is 12.1 Å². The summed E-state index contributed by atoms with van der Waals surface area (Å²) in [5.41, 5.74) is 0.141. The molecule has 3 rings (SSSR count). The molecule has 0 unspecified atom stereocenters. The van der Waals surface area contributed by atoms with E-state index in [9.17, 15) is 27.3 Å². The van der Waals surface area contributed by atoms with Gasteiger partial charge in [-0.3, -0.25) is 10.1 Å². The summed E-state index contributed by atoms with van der Waals surface area (Å²) in [5.74, 6) is -1.92. The lowest BCUT2D eigenvalue weighted by molar-refractivity contribution is -0.384. The van der Waals surface area contributed by atoms with Crippen molar-refractivity contribution in [2.24, 2.45) is 0 Å². The topological polar surface area (TPSA) is 108 Å². The number of nitro benzene ring substituents is 1.